The van der Waals surface area contributed by atoms with Crippen LogP contribution in [-0.2, 0) is 9.59 Å². The fourth-order valence-electron chi connectivity index (χ4n) is 5.04. The third-order valence-corrected chi connectivity index (χ3v) is 8.03. The van der Waals surface area contributed by atoms with Crippen LogP contribution in [0.15, 0.2) is 59.6 Å². The van der Waals surface area contributed by atoms with Crippen LogP contribution in [-0.4, -0.2) is 57.6 Å². The Bertz CT molecular complexity index is 1130. The second kappa shape index (κ2) is 10.6. The molecule has 35 heavy (non-hydrogen) atoms. The van der Waals surface area contributed by atoms with Crippen molar-refractivity contribution in [2.75, 3.05) is 25.0 Å². The molecule has 182 valence electrons. The average molecular weight is 491 g/mol. The first-order chi connectivity index (χ1) is 17.1. The first-order valence-corrected chi connectivity index (χ1v) is 13.3. The Balaban J connectivity index is 1.20. The van der Waals surface area contributed by atoms with Gasteiger partial charge in [-0.25, -0.2) is 0 Å². The number of likely N-dealkylation sites (tertiary alicyclic amines) is 2. The van der Waals surface area contributed by atoms with E-state index in [1.54, 1.807) is 24.3 Å². The molecule has 2 saturated heterocycles. The summed E-state index contributed by atoms with van der Waals surface area (Å²) in [6, 6.07) is 17.2. The van der Waals surface area contributed by atoms with Gasteiger partial charge in [-0.2, -0.15) is 4.99 Å². The van der Waals surface area contributed by atoms with Crippen LogP contribution in [0.1, 0.15) is 60.5 Å². The summed E-state index contributed by atoms with van der Waals surface area (Å²) in [5.74, 6) is -0.525. The number of carbonyl (C=O) groups is 3. The van der Waals surface area contributed by atoms with Crippen LogP contribution in [0.25, 0.3) is 0 Å². The zero-order valence-corrected chi connectivity index (χ0v) is 20.5. The maximum absolute atomic E-state index is 13.3. The Hall–Kier alpha value is -3.13. The van der Waals surface area contributed by atoms with Gasteiger partial charge in [0, 0.05) is 37.3 Å². The minimum absolute atomic E-state index is 0.0337. The van der Waals surface area contributed by atoms with Crippen LogP contribution >= 0.6 is 11.8 Å². The maximum Gasteiger partial charge on any atom is 0.262 e. The molecule has 0 radical (unpaired) electrons. The third kappa shape index (κ3) is 5.42. The quantitative estimate of drug-likeness (QED) is 0.669. The number of carbonyl (C=O) groups excluding carboxylic acids is 3. The molecule has 8 heteroatoms. The molecule has 0 unspecified atom stereocenters. The minimum Gasteiger partial charge on any atom is -0.351 e. The predicted octanol–water partition coefficient (Wildman–Crippen LogP) is 4.48. The van der Waals surface area contributed by atoms with Crippen LogP contribution in [0.4, 0.5) is 5.69 Å². The topological polar surface area (TPSA) is 82.1 Å². The van der Waals surface area contributed by atoms with E-state index in [1.165, 1.54) is 18.2 Å². The molecule has 5 rings (SSSR count). The molecule has 2 fully saturated rings. The van der Waals surface area contributed by atoms with Gasteiger partial charge in [0.2, 0.25) is 5.91 Å². The lowest BCUT2D eigenvalue weighted by Gasteiger charge is -2.27. The Morgan fingerprint density at radius 2 is 1.77 bits per heavy atom. The molecule has 0 saturated carbocycles. The number of aliphatic imine (C=N–C) groups is 1. The van der Waals surface area contributed by atoms with Crippen molar-refractivity contribution in [3.8, 4) is 0 Å². The zero-order valence-electron chi connectivity index (χ0n) is 19.7. The van der Waals surface area contributed by atoms with Crippen molar-refractivity contribution in [1.82, 2.24) is 9.80 Å². The number of piperidine rings is 1. The highest BCUT2D eigenvalue weighted by atomic mass is 32.2. The summed E-state index contributed by atoms with van der Waals surface area (Å²) in [5, 5.41) is 3.13. The van der Waals surface area contributed by atoms with E-state index in [1.807, 2.05) is 23.1 Å². The lowest BCUT2D eigenvalue weighted by atomic mass is 10.0. The normalized spacial score (nSPS) is 22.3. The van der Waals surface area contributed by atoms with E-state index in [4.69, 9.17) is 0 Å². The third-order valence-electron chi connectivity index (χ3n) is 6.82. The number of hydrogen-bond acceptors (Lipinski definition) is 5. The molecule has 3 aliphatic heterocycles. The second-order valence-corrected chi connectivity index (χ2v) is 10.5. The van der Waals surface area contributed by atoms with E-state index in [-0.39, 0.29) is 30.2 Å². The molecule has 0 aliphatic carbocycles. The maximum atomic E-state index is 13.3. The SMILES string of the molecule is O=C(C[C@H]1SC(N2CCCCC2)=NC1=O)Nc1cccc(C(=O)N2CCC[C@H]2c2ccccc2)c1. The number of thioether (sulfide) groups is 1. The van der Waals surface area contributed by atoms with Gasteiger partial charge in [0.25, 0.3) is 11.8 Å². The highest BCUT2D eigenvalue weighted by Gasteiger charge is 2.34. The molecule has 2 aromatic rings. The van der Waals surface area contributed by atoms with Crippen molar-refractivity contribution < 1.29 is 14.4 Å². The fourth-order valence-corrected chi connectivity index (χ4v) is 6.15. The van der Waals surface area contributed by atoms with Crippen molar-refractivity contribution >= 4 is 40.3 Å². The smallest absolute Gasteiger partial charge is 0.262 e. The average Bonchev–Trinajstić information content (AvgIpc) is 3.52. The van der Waals surface area contributed by atoms with Gasteiger partial charge in [0.15, 0.2) is 5.17 Å². The molecule has 7 nitrogen and oxygen atoms in total. The molecule has 0 spiro atoms. The van der Waals surface area contributed by atoms with Crippen molar-refractivity contribution in [1.29, 1.82) is 0 Å². The number of amidine groups is 1. The van der Waals surface area contributed by atoms with E-state index < -0.39 is 5.25 Å². The van der Waals surface area contributed by atoms with Gasteiger partial charge in [-0.15, -0.1) is 0 Å². The summed E-state index contributed by atoms with van der Waals surface area (Å²) in [5.41, 5.74) is 2.25. The first kappa shape index (κ1) is 23.6. The second-order valence-electron chi connectivity index (χ2n) is 9.29. The van der Waals surface area contributed by atoms with E-state index in [9.17, 15) is 14.4 Å². The monoisotopic (exact) mass is 490 g/mol. The van der Waals surface area contributed by atoms with E-state index in [2.05, 4.69) is 27.3 Å². The summed E-state index contributed by atoms with van der Waals surface area (Å²) in [7, 11) is 0. The highest BCUT2D eigenvalue weighted by molar-refractivity contribution is 8.15. The van der Waals surface area contributed by atoms with Gasteiger partial charge in [0.1, 0.15) is 5.25 Å². The molecule has 3 aliphatic rings. The molecule has 0 aromatic heterocycles. The number of hydrogen-bond donors (Lipinski definition) is 1. The Morgan fingerprint density at radius 1 is 0.971 bits per heavy atom. The molecular formula is C27H30N4O3S. The van der Waals surface area contributed by atoms with Crippen LogP contribution in [0.3, 0.4) is 0 Å². The summed E-state index contributed by atoms with van der Waals surface area (Å²) < 4.78 is 0. The first-order valence-electron chi connectivity index (χ1n) is 12.4. The molecule has 3 heterocycles. The Labute approximate surface area is 210 Å². The van der Waals surface area contributed by atoms with E-state index in [0.29, 0.717) is 11.3 Å². The number of anilines is 1. The number of rotatable bonds is 5. The molecule has 0 bridgehead atoms. The van der Waals surface area contributed by atoms with Crippen molar-refractivity contribution in [2.45, 2.75) is 49.8 Å². The predicted molar refractivity (Wildman–Crippen MR) is 138 cm³/mol. The molecule has 3 amide bonds. The van der Waals surface area contributed by atoms with Gasteiger partial charge < -0.3 is 15.1 Å². The lowest BCUT2D eigenvalue weighted by Crippen LogP contribution is -2.33. The highest BCUT2D eigenvalue weighted by Crippen LogP contribution is 2.33. The Kier molecular flexibility index (Phi) is 7.18. The van der Waals surface area contributed by atoms with Gasteiger partial charge in [-0.05, 0) is 55.9 Å². The molecule has 2 atom stereocenters. The van der Waals surface area contributed by atoms with Crippen molar-refractivity contribution in [2.24, 2.45) is 4.99 Å². The van der Waals surface area contributed by atoms with E-state index >= 15 is 0 Å². The standard InChI is InChI=1S/C27H30N4O3S/c32-24(18-23-25(33)29-27(35-23)30-14-5-2-6-15-30)28-21-12-7-11-20(17-21)26(34)31-16-8-13-22(31)19-9-3-1-4-10-19/h1,3-4,7,9-12,17,22-23H,2,5-6,8,13-16,18H2,(H,28,32)/t22-,23+/m0/s1. The summed E-state index contributed by atoms with van der Waals surface area (Å²) in [6.07, 6.45) is 5.40. The fraction of sp³-hybridized carbons (Fsp3) is 0.407. The van der Waals surface area contributed by atoms with Crippen LogP contribution in [0, 0.1) is 0 Å². The van der Waals surface area contributed by atoms with Gasteiger partial charge in [-0.3, -0.25) is 14.4 Å². The minimum atomic E-state index is -0.493. The molecule has 1 N–H and O–H groups in total. The van der Waals surface area contributed by atoms with Gasteiger partial charge in [-0.1, -0.05) is 48.2 Å². The molecular weight excluding hydrogens is 460 g/mol. The zero-order chi connectivity index (χ0) is 24.2. The largest absolute Gasteiger partial charge is 0.351 e. The van der Waals surface area contributed by atoms with Crippen LogP contribution in [0.2, 0.25) is 0 Å². The van der Waals surface area contributed by atoms with E-state index in [0.717, 1.165) is 56.0 Å². The number of nitrogens with zero attached hydrogens (tertiary/aromatic N) is 3. The van der Waals surface area contributed by atoms with Gasteiger partial charge in [0.05, 0.1) is 6.04 Å². The number of benzene rings is 2. The lowest BCUT2D eigenvalue weighted by molar-refractivity contribution is -0.121. The number of amides is 3. The van der Waals surface area contributed by atoms with Crippen molar-refractivity contribution in [3.63, 3.8) is 0 Å². The number of nitrogens with one attached hydrogen (secondary N) is 1. The summed E-state index contributed by atoms with van der Waals surface area (Å²) >= 11 is 1.39. The summed E-state index contributed by atoms with van der Waals surface area (Å²) in [6.45, 7) is 2.55. The van der Waals surface area contributed by atoms with Crippen LogP contribution in [0.5, 0.6) is 0 Å². The summed E-state index contributed by atoms with van der Waals surface area (Å²) in [4.78, 5) is 46.7. The van der Waals surface area contributed by atoms with Gasteiger partial charge >= 0.3 is 0 Å². The molecule has 2 aromatic carbocycles. The van der Waals surface area contributed by atoms with Crippen molar-refractivity contribution in [3.05, 3.63) is 65.7 Å². The van der Waals surface area contributed by atoms with Crippen LogP contribution < -0.4 is 5.32 Å². The Morgan fingerprint density at radius 3 is 2.57 bits per heavy atom.